The summed E-state index contributed by atoms with van der Waals surface area (Å²) in [5, 5.41) is 2.60. The first-order valence-electron chi connectivity index (χ1n) is 9.18. The molecule has 150 valence electrons. The maximum Gasteiger partial charge on any atom is 0.259 e. The summed E-state index contributed by atoms with van der Waals surface area (Å²) in [6.45, 7) is 5.85. The first-order chi connectivity index (χ1) is 13.7. The Kier molecular flexibility index (Phi) is 5.82. The van der Waals surface area contributed by atoms with Crippen molar-refractivity contribution in [2.24, 2.45) is 0 Å². The van der Waals surface area contributed by atoms with Gasteiger partial charge in [-0.2, -0.15) is 0 Å². The summed E-state index contributed by atoms with van der Waals surface area (Å²) in [6, 6.07) is 10.6. The monoisotopic (exact) mass is 395 g/mol. The lowest BCUT2D eigenvalue weighted by Gasteiger charge is -2.21. The zero-order chi connectivity index (χ0) is 21.0. The minimum absolute atomic E-state index is 0.0207. The summed E-state index contributed by atoms with van der Waals surface area (Å²) in [4.78, 5) is 24.1. The minimum Gasteiger partial charge on any atom is -0.488 e. The van der Waals surface area contributed by atoms with E-state index in [1.807, 2.05) is 20.8 Å². The smallest absolute Gasteiger partial charge is 0.259 e. The van der Waals surface area contributed by atoms with Crippen LogP contribution in [0.4, 0.5) is 4.39 Å². The zero-order valence-corrected chi connectivity index (χ0v) is 16.5. The highest BCUT2D eigenvalue weighted by molar-refractivity contribution is 6.00. The fraction of sp³-hybridized carbons (Fsp3) is 0.217. The Hall–Kier alpha value is -3.41. The molecule has 2 aromatic carbocycles. The maximum atomic E-state index is 13.8. The highest BCUT2D eigenvalue weighted by Crippen LogP contribution is 2.29. The van der Waals surface area contributed by atoms with Crippen LogP contribution in [-0.4, -0.2) is 17.3 Å². The van der Waals surface area contributed by atoms with E-state index in [2.05, 4.69) is 5.32 Å². The topological polar surface area (TPSA) is 64.6 Å². The quantitative estimate of drug-likeness (QED) is 0.779. The molecule has 0 saturated carbocycles. The Morgan fingerprint density at radius 2 is 1.76 bits per heavy atom. The second-order valence-corrected chi connectivity index (χ2v) is 7.55. The van der Waals surface area contributed by atoms with Gasteiger partial charge in [0.05, 0.1) is 5.56 Å². The molecule has 0 unspecified atom stereocenters. The van der Waals surface area contributed by atoms with E-state index in [4.69, 9.17) is 9.47 Å². The van der Waals surface area contributed by atoms with Crippen LogP contribution in [0.15, 0.2) is 66.4 Å². The van der Waals surface area contributed by atoms with Crippen LogP contribution < -0.4 is 14.8 Å². The number of allylic oxidation sites excluding steroid dienone is 3. The van der Waals surface area contributed by atoms with Gasteiger partial charge in [0.1, 0.15) is 28.7 Å². The third-order valence-corrected chi connectivity index (χ3v) is 3.85. The van der Waals surface area contributed by atoms with Crippen LogP contribution in [0.2, 0.25) is 0 Å². The Bertz CT molecular complexity index is 985. The molecule has 1 amide bonds. The standard InChI is InChI=1S/C23H22FNO4/c1-23(2,3)29-19-10-8-18(9-11-19)28-21-12-7-15(24)13-20(21)22(27)25-16-5-4-6-17(26)14-16/h4-5,7-14H,6H2,1-3H3,(H,25,27). The van der Waals surface area contributed by atoms with Gasteiger partial charge in [-0.25, -0.2) is 4.39 Å². The minimum atomic E-state index is -0.571. The Morgan fingerprint density at radius 3 is 2.41 bits per heavy atom. The van der Waals surface area contributed by atoms with E-state index in [0.29, 0.717) is 23.6 Å². The molecular formula is C23H22FNO4. The van der Waals surface area contributed by atoms with Crippen LogP contribution in [0.5, 0.6) is 17.2 Å². The summed E-state index contributed by atoms with van der Waals surface area (Å²) < 4.78 is 25.3. The Labute approximate surface area is 168 Å². The fourth-order valence-electron chi connectivity index (χ4n) is 2.68. The van der Waals surface area contributed by atoms with Gasteiger partial charge in [-0.05, 0) is 69.3 Å². The van der Waals surface area contributed by atoms with Crippen molar-refractivity contribution in [1.29, 1.82) is 0 Å². The molecule has 1 aliphatic rings. The molecule has 0 saturated heterocycles. The van der Waals surface area contributed by atoms with Crippen LogP contribution in [-0.2, 0) is 4.79 Å². The van der Waals surface area contributed by atoms with E-state index in [0.717, 1.165) is 6.07 Å². The summed E-state index contributed by atoms with van der Waals surface area (Å²) in [5.74, 6) is 0.0936. The van der Waals surface area contributed by atoms with Gasteiger partial charge < -0.3 is 14.8 Å². The summed E-state index contributed by atoms with van der Waals surface area (Å²) >= 11 is 0. The van der Waals surface area contributed by atoms with Crippen molar-refractivity contribution in [3.8, 4) is 17.2 Å². The molecule has 0 atom stereocenters. The van der Waals surface area contributed by atoms with Crippen molar-refractivity contribution in [2.75, 3.05) is 0 Å². The summed E-state index contributed by atoms with van der Waals surface area (Å²) in [7, 11) is 0. The predicted molar refractivity (Wildman–Crippen MR) is 108 cm³/mol. The maximum absolute atomic E-state index is 13.8. The number of hydrogen-bond donors (Lipinski definition) is 1. The first-order valence-corrected chi connectivity index (χ1v) is 9.18. The molecule has 1 N–H and O–H groups in total. The number of benzene rings is 2. The number of rotatable bonds is 5. The lowest BCUT2D eigenvalue weighted by Crippen LogP contribution is -2.24. The predicted octanol–water partition coefficient (Wildman–Crippen LogP) is 4.94. The van der Waals surface area contributed by atoms with Gasteiger partial charge in [0.2, 0.25) is 0 Å². The van der Waals surface area contributed by atoms with Crippen LogP contribution in [0.25, 0.3) is 0 Å². The number of nitrogens with one attached hydrogen (secondary N) is 1. The second kappa shape index (κ2) is 8.31. The molecule has 0 fully saturated rings. The summed E-state index contributed by atoms with van der Waals surface area (Å²) in [6.07, 6.45) is 4.92. The van der Waals surface area contributed by atoms with Crippen LogP contribution in [0.3, 0.4) is 0 Å². The molecule has 6 heteroatoms. The molecule has 0 bridgehead atoms. The largest absolute Gasteiger partial charge is 0.488 e. The number of amides is 1. The second-order valence-electron chi connectivity index (χ2n) is 7.55. The normalized spacial score (nSPS) is 13.7. The number of ketones is 1. The van der Waals surface area contributed by atoms with Crippen molar-refractivity contribution in [3.63, 3.8) is 0 Å². The van der Waals surface area contributed by atoms with E-state index >= 15 is 0 Å². The van der Waals surface area contributed by atoms with Crippen LogP contribution in [0, 0.1) is 5.82 Å². The molecule has 2 aromatic rings. The van der Waals surface area contributed by atoms with Crippen molar-refractivity contribution < 1.29 is 23.5 Å². The van der Waals surface area contributed by atoms with E-state index in [9.17, 15) is 14.0 Å². The number of carbonyl (C=O) groups is 2. The van der Waals surface area contributed by atoms with Crippen LogP contribution >= 0.6 is 0 Å². The third-order valence-electron chi connectivity index (χ3n) is 3.85. The lowest BCUT2D eigenvalue weighted by atomic mass is 10.1. The van der Waals surface area contributed by atoms with Gasteiger partial charge in [0, 0.05) is 18.2 Å². The van der Waals surface area contributed by atoms with Gasteiger partial charge in [-0.1, -0.05) is 6.08 Å². The average Bonchev–Trinajstić information content (AvgIpc) is 2.63. The molecule has 0 radical (unpaired) electrons. The number of hydrogen-bond acceptors (Lipinski definition) is 4. The first kappa shape index (κ1) is 20.3. The molecule has 5 nitrogen and oxygen atoms in total. The third kappa shape index (κ3) is 5.78. The average molecular weight is 395 g/mol. The lowest BCUT2D eigenvalue weighted by molar-refractivity contribution is -0.113. The van der Waals surface area contributed by atoms with Gasteiger partial charge in [0.25, 0.3) is 5.91 Å². The number of carbonyl (C=O) groups excluding carboxylic acids is 2. The van der Waals surface area contributed by atoms with E-state index < -0.39 is 11.7 Å². The molecule has 1 aliphatic carbocycles. The fourth-order valence-corrected chi connectivity index (χ4v) is 2.68. The Morgan fingerprint density at radius 1 is 1.07 bits per heavy atom. The van der Waals surface area contributed by atoms with E-state index in [1.54, 1.807) is 36.4 Å². The molecule has 29 heavy (non-hydrogen) atoms. The SMILES string of the molecule is CC(C)(C)Oc1ccc(Oc2ccc(F)cc2C(=O)NC2=CC(=O)CC=C2)cc1. The highest BCUT2D eigenvalue weighted by Gasteiger charge is 2.17. The van der Waals surface area contributed by atoms with Gasteiger partial charge in [-0.15, -0.1) is 0 Å². The molecule has 0 aromatic heterocycles. The summed E-state index contributed by atoms with van der Waals surface area (Å²) in [5.41, 5.74) is 0.0475. The van der Waals surface area contributed by atoms with Gasteiger partial charge >= 0.3 is 0 Å². The molecule has 0 spiro atoms. The van der Waals surface area contributed by atoms with Crippen molar-refractivity contribution in [3.05, 3.63) is 77.8 Å². The molecule has 3 rings (SSSR count). The van der Waals surface area contributed by atoms with E-state index in [-0.39, 0.29) is 22.7 Å². The van der Waals surface area contributed by atoms with Gasteiger partial charge in [0.15, 0.2) is 5.78 Å². The van der Waals surface area contributed by atoms with Crippen molar-refractivity contribution >= 4 is 11.7 Å². The zero-order valence-electron chi connectivity index (χ0n) is 16.5. The Balaban J connectivity index is 1.79. The van der Waals surface area contributed by atoms with E-state index in [1.165, 1.54) is 18.2 Å². The highest BCUT2D eigenvalue weighted by atomic mass is 19.1. The van der Waals surface area contributed by atoms with Crippen molar-refractivity contribution in [2.45, 2.75) is 32.8 Å². The van der Waals surface area contributed by atoms with Crippen molar-refractivity contribution in [1.82, 2.24) is 5.32 Å². The molecule has 0 aliphatic heterocycles. The van der Waals surface area contributed by atoms with Gasteiger partial charge in [-0.3, -0.25) is 9.59 Å². The van der Waals surface area contributed by atoms with Crippen LogP contribution in [0.1, 0.15) is 37.6 Å². The molecule has 0 heterocycles. The number of halogens is 1. The number of ether oxygens (including phenoxy) is 2. The molecular weight excluding hydrogens is 373 g/mol.